The van der Waals surface area contributed by atoms with Gasteiger partial charge in [-0.05, 0) is 55.9 Å². The van der Waals surface area contributed by atoms with Crippen LogP contribution in [0.15, 0.2) is 190 Å². The van der Waals surface area contributed by atoms with E-state index in [1.807, 2.05) is 30.3 Å². The van der Waals surface area contributed by atoms with Gasteiger partial charge in [-0.1, -0.05) is 164 Å². The molecule has 8 aromatic carbocycles. The first-order chi connectivity index (χ1) is 25.3. The largest absolute Gasteiger partial charge is 0.456 e. The van der Waals surface area contributed by atoms with Gasteiger partial charge in [-0.2, -0.15) is 0 Å². The number of benzene rings is 8. The SMILES string of the molecule is c1ccc(C2=NC(c3ccc(-c4cccc5oc6ccccc6c45)c4ccccc34)NC(c3ccc(-c4cccc5ccccc45)cc3)=N2)cc1. The monoisotopic (exact) mass is 653 g/mol. The average molecular weight is 654 g/mol. The summed E-state index contributed by atoms with van der Waals surface area (Å²) in [7, 11) is 0. The van der Waals surface area contributed by atoms with Crippen LogP contribution in [0, 0.1) is 0 Å². The molecule has 0 saturated carbocycles. The molecule has 10 rings (SSSR count). The Morgan fingerprint density at radius 2 is 1.08 bits per heavy atom. The van der Waals surface area contributed by atoms with E-state index in [1.165, 1.54) is 21.9 Å². The smallest absolute Gasteiger partial charge is 0.159 e. The fourth-order valence-electron chi connectivity index (χ4n) is 7.55. The summed E-state index contributed by atoms with van der Waals surface area (Å²) in [6, 6.07) is 61.6. The van der Waals surface area contributed by atoms with Crippen LogP contribution in [0.1, 0.15) is 22.9 Å². The van der Waals surface area contributed by atoms with Crippen LogP contribution in [0.4, 0.5) is 0 Å². The van der Waals surface area contributed by atoms with Crippen LogP contribution in [-0.4, -0.2) is 11.7 Å². The number of rotatable bonds is 5. The summed E-state index contributed by atoms with van der Waals surface area (Å²) in [5, 5.41) is 10.8. The summed E-state index contributed by atoms with van der Waals surface area (Å²) in [4.78, 5) is 10.3. The second-order valence-corrected chi connectivity index (χ2v) is 13.0. The molecular formula is C47H31N3O. The van der Waals surface area contributed by atoms with Gasteiger partial charge in [0.1, 0.15) is 23.2 Å². The van der Waals surface area contributed by atoms with Crippen LogP contribution in [0.2, 0.25) is 0 Å². The lowest BCUT2D eigenvalue weighted by Crippen LogP contribution is -2.33. The maximum Gasteiger partial charge on any atom is 0.159 e. The zero-order valence-electron chi connectivity index (χ0n) is 27.6. The van der Waals surface area contributed by atoms with E-state index >= 15 is 0 Å². The molecule has 0 aliphatic carbocycles. The molecule has 1 aromatic heterocycles. The highest BCUT2D eigenvalue weighted by atomic mass is 16.3. The van der Waals surface area contributed by atoms with Crippen LogP contribution in [0.3, 0.4) is 0 Å². The van der Waals surface area contributed by atoms with Gasteiger partial charge < -0.3 is 9.73 Å². The third-order valence-corrected chi connectivity index (χ3v) is 9.98. The van der Waals surface area contributed by atoms with E-state index in [-0.39, 0.29) is 6.17 Å². The minimum Gasteiger partial charge on any atom is -0.456 e. The molecular weight excluding hydrogens is 623 g/mol. The zero-order valence-corrected chi connectivity index (χ0v) is 27.6. The molecule has 0 amide bonds. The van der Waals surface area contributed by atoms with Crippen molar-refractivity contribution < 1.29 is 4.42 Å². The lowest BCUT2D eigenvalue weighted by molar-refractivity contribution is 0.669. The fourth-order valence-corrected chi connectivity index (χ4v) is 7.55. The van der Waals surface area contributed by atoms with Gasteiger partial charge in [0.25, 0.3) is 0 Å². The molecule has 1 N–H and O–H groups in total. The molecule has 0 radical (unpaired) electrons. The molecule has 2 heterocycles. The molecule has 1 aliphatic rings. The topological polar surface area (TPSA) is 49.9 Å². The number of furan rings is 1. The summed E-state index contributed by atoms with van der Waals surface area (Å²) in [6.07, 6.45) is -0.352. The third kappa shape index (κ3) is 5.00. The molecule has 0 spiro atoms. The first kappa shape index (κ1) is 29.2. The second-order valence-electron chi connectivity index (χ2n) is 13.0. The Morgan fingerprint density at radius 1 is 0.431 bits per heavy atom. The van der Waals surface area contributed by atoms with Gasteiger partial charge in [-0.15, -0.1) is 0 Å². The maximum atomic E-state index is 6.26. The molecule has 51 heavy (non-hydrogen) atoms. The first-order valence-corrected chi connectivity index (χ1v) is 17.3. The van der Waals surface area contributed by atoms with Gasteiger partial charge in [0, 0.05) is 27.5 Å². The average Bonchev–Trinajstić information content (AvgIpc) is 3.60. The van der Waals surface area contributed by atoms with Crippen LogP contribution < -0.4 is 5.32 Å². The van der Waals surface area contributed by atoms with E-state index in [0.29, 0.717) is 5.84 Å². The van der Waals surface area contributed by atoms with Crippen molar-refractivity contribution >= 4 is 55.2 Å². The molecule has 0 fully saturated rings. The predicted molar refractivity (Wildman–Crippen MR) is 211 cm³/mol. The molecule has 240 valence electrons. The number of hydrogen-bond acceptors (Lipinski definition) is 4. The molecule has 1 aliphatic heterocycles. The number of nitrogens with one attached hydrogen (secondary N) is 1. The Bertz CT molecular complexity index is 2820. The highest BCUT2D eigenvalue weighted by Crippen LogP contribution is 2.41. The lowest BCUT2D eigenvalue weighted by atomic mass is 9.91. The molecule has 1 unspecified atom stereocenters. The van der Waals surface area contributed by atoms with Crippen molar-refractivity contribution in [2.24, 2.45) is 9.98 Å². The first-order valence-electron chi connectivity index (χ1n) is 17.3. The van der Waals surface area contributed by atoms with Crippen molar-refractivity contribution in [1.82, 2.24) is 5.32 Å². The number of fused-ring (bicyclic) bond motifs is 5. The van der Waals surface area contributed by atoms with E-state index in [1.54, 1.807) is 0 Å². The summed E-state index contributed by atoms with van der Waals surface area (Å²) < 4.78 is 6.26. The van der Waals surface area contributed by atoms with Gasteiger partial charge >= 0.3 is 0 Å². The van der Waals surface area contributed by atoms with Crippen LogP contribution in [-0.2, 0) is 0 Å². The number of amidine groups is 2. The predicted octanol–water partition coefficient (Wildman–Crippen LogP) is 11.7. The molecule has 4 nitrogen and oxygen atoms in total. The number of para-hydroxylation sites is 1. The minimum absolute atomic E-state index is 0.352. The molecule has 0 saturated heterocycles. The van der Waals surface area contributed by atoms with E-state index in [9.17, 15) is 0 Å². The normalized spacial score (nSPS) is 14.5. The number of aliphatic imine (C=N–C) groups is 2. The van der Waals surface area contributed by atoms with Gasteiger partial charge in [0.2, 0.25) is 0 Å². The Kier molecular flexibility index (Phi) is 6.85. The fraction of sp³-hybridized carbons (Fsp3) is 0.0213. The summed E-state index contributed by atoms with van der Waals surface area (Å²) in [5.74, 6) is 1.50. The van der Waals surface area contributed by atoms with E-state index in [0.717, 1.165) is 66.4 Å². The van der Waals surface area contributed by atoms with E-state index < -0.39 is 0 Å². The molecule has 0 bridgehead atoms. The van der Waals surface area contributed by atoms with Gasteiger partial charge in [0.05, 0.1) is 0 Å². The van der Waals surface area contributed by atoms with Crippen LogP contribution >= 0.6 is 0 Å². The van der Waals surface area contributed by atoms with Crippen molar-refractivity contribution in [2.45, 2.75) is 6.17 Å². The van der Waals surface area contributed by atoms with Crippen molar-refractivity contribution in [2.75, 3.05) is 0 Å². The Hall–Kier alpha value is -6.78. The Balaban J connectivity index is 1.08. The summed E-state index contributed by atoms with van der Waals surface area (Å²) in [6.45, 7) is 0. The van der Waals surface area contributed by atoms with Crippen LogP contribution in [0.25, 0.3) is 65.7 Å². The third-order valence-electron chi connectivity index (χ3n) is 9.98. The quantitative estimate of drug-likeness (QED) is 0.201. The zero-order chi connectivity index (χ0) is 33.7. The molecule has 4 heteroatoms. The van der Waals surface area contributed by atoms with Gasteiger partial charge in [-0.25, -0.2) is 9.98 Å². The van der Waals surface area contributed by atoms with Gasteiger partial charge in [-0.3, -0.25) is 0 Å². The minimum atomic E-state index is -0.352. The highest BCUT2D eigenvalue weighted by molar-refractivity contribution is 6.16. The van der Waals surface area contributed by atoms with Crippen molar-refractivity contribution in [3.05, 3.63) is 193 Å². The standard InChI is InChI=1S/C47H31N3O/c1-2-13-32(14-3-1)45-48-46(33-26-24-31(25-27-33)35-20-10-15-30-12-4-5-16-34(30)35)50-47(49-45)40-29-28-38(36-17-6-7-18-37(36)40)39-21-11-23-43-44(39)41-19-8-9-22-42(41)51-43/h1-29,47H,(H,48,49,50). The van der Waals surface area contributed by atoms with Crippen molar-refractivity contribution in [3.8, 4) is 22.3 Å². The maximum absolute atomic E-state index is 6.26. The summed E-state index contributed by atoms with van der Waals surface area (Å²) >= 11 is 0. The van der Waals surface area contributed by atoms with Gasteiger partial charge in [0.15, 0.2) is 5.84 Å². The number of nitrogens with zero attached hydrogens (tertiary/aromatic N) is 2. The van der Waals surface area contributed by atoms with Crippen molar-refractivity contribution in [3.63, 3.8) is 0 Å². The second kappa shape index (κ2) is 12.0. The van der Waals surface area contributed by atoms with E-state index in [4.69, 9.17) is 14.4 Å². The Morgan fingerprint density at radius 3 is 1.94 bits per heavy atom. The molecule has 1 atom stereocenters. The van der Waals surface area contributed by atoms with Crippen LogP contribution in [0.5, 0.6) is 0 Å². The van der Waals surface area contributed by atoms with E-state index in [2.05, 4.69) is 151 Å². The highest BCUT2D eigenvalue weighted by Gasteiger charge is 2.24. The summed E-state index contributed by atoms with van der Waals surface area (Å²) in [5.41, 5.74) is 9.56. The lowest BCUT2D eigenvalue weighted by Gasteiger charge is -2.25. The Labute approximate surface area is 295 Å². The van der Waals surface area contributed by atoms with Crippen molar-refractivity contribution in [1.29, 1.82) is 0 Å². The number of hydrogen-bond donors (Lipinski definition) is 1. The molecule has 9 aromatic rings.